The number of carbonyl (C=O) groups is 4. The fourth-order valence-corrected chi connectivity index (χ4v) is 16.9. The van der Waals surface area contributed by atoms with E-state index < -0.39 is 48.9 Å². The number of hydrogen-bond donors (Lipinski definition) is 2. The number of nitrogens with one attached hydrogen (secondary N) is 2. The predicted molar refractivity (Wildman–Crippen MR) is 290 cm³/mol. The molecule has 0 aliphatic rings. The second-order valence-corrected chi connectivity index (χ2v) is 27.1. The number of carbonyl (C=O) groups excluding carboxylic acids is 4. The Bertz CT molecular complexity index is 2470. The van der Waals surface area contributed by atoms with E-state index in [0.717, 1.165) is 33.4 Å². The van der Waals surface area contributed by atoms with Crippen LogP contribution in [0.3, 0.4) is 0 Å². The lowest BCUT2D eigenvalue weighted by Gasteiger charge is -2.50. The lowest BCUT2D eigenvalue weighted by Crippen LogP contribution is -2.60. The Morgan fingerprint density at radius 3 is 1.33 bits per heavy atom. The molecule has 0 radical (unpaired) electrons. The number of Topliss-reactive ketones (excluding diaryl/α,β-unsaturated/α-hetero) is 1. The smallest absolute Gasteiger partial charge is 0.315 e. The van der Waals surface area contributed by atoms with Crippen molar-refractivity contribution in [1.29, 1.82) is 0 Å². The molecule has 2 amide bonds. The van der Waals surface area contributed by atoms with E-state index in [2.05, 4.69) is 101 Å². The average molecular weight is 973 g/mol. The van der Waals surface area contributed by atoms with Crippen LogP contribution in [-0.2, 0) is 47.2 Å². The first-order valence-corrected chi connectivity index (χ1v) is 27.9. The van der Waals surface area contributed by atoms with Crippen molar-refractivity contribution in [2.75, 3.05) is 5.75 Å². The minimum atomic E-state index is -3.06. The fraction of sp³-hybridized carbons (Fsp3) is 0.344. The zero-order valence-corrected chi connectivity index (χ0v) is 44.1. The average Bonchev–Trinajstić information content (AvgIpc) is 3.35. The molecule has 4 atom stereocenters. The van der Waals surface area contributed by atoms with Gasteiger partial charge in [0.05, 0.1) is 10.8 Å². The number of benzene rings is 6. The highest BCUT2D eigenvalue weighted by Crippen LogP contribution is 2.53. The quantitative estimate of drug-likeness (QED) is 0.0519. The second-order valence-electron chi connectivity index (χ2n) is 20.6. The zero-order chi connectivity index (χ0) is 50.4. The molecular weight excluding hydrogens is 901 g/mol. The number of ketones is 1. The molecule has 0 fully saturated rings. The minimum absolute atomic E-state index is 0.142. The number of rotatable bonds is 22. The molecule has 70 heavy (non-hydrogen) atoms. The van der Waals surface area contributed by atoms with Gasteiger partial charge in [0, 0.05) is 36.5 Å². The number of amides is 2. The maximum Gasteiger partial charge on any atom is 0.315 e. The molecule has 0 unspecified atom stereocenters. The zero-order valence-electron chi connectivity index (χ0n) is 42.3. The highest BCUT2D eigenvalue weighted by molar-refractivity contribution is 8.00. The molecule has 6 rings (SSSR count). The third-order valence-corrected chi connectivity index (χ3v) is 21.8. The topological polar surface area (TPSA) is 102 Å². The van der Waals surface area contributed by atoms with Crippen LogP contribution in [0.4, 0.5) is 0 Å². The molecule has 6 aromatic rings. The minimum Gasteiger partial charge on any atom is -0.516 e. The summed E-state index contributed by atoms with van der Waals surface area (Å²) in [7, 11) is -3.06. The van der Waals surface area contributed by atoms with Crippen LogP contribution in [0.2, 0.25) is 10.1 Å². The van der Waals surface area contributed by atoms with E-state index in [-0.39, 0.29) is 41.0 Å². The maximum atomic E-state index is 14.9. The van der Waals surface area contributed by atoms with Gasteiger partial charge in [-0.1, -0.05) is 230 Å². The van der Waals surface area contributed by atoms with Crippen LogP contribution in [0.15, 0.2) is 182 Å². The van der Waals surface area contributed by atoms with Gasteiger partial charge in [0.1, 0.15) is 6.04 Å². The molecule has 0 aliphatic heterocycles. The Balaban J connectivity index is 1.23. The molecule has 0 saturated carbocycles. The van der Waals surface area contributed by atoms with Crippen molar-refractivity contribution in [2.45, 2.75) is 114 Å². The lowest BCUT2D eigenvalue weighted by molar-refractivity contribution is -0.142. The van der Waals surface area contributed by atoms with Crippen molar-refractivity contribution in [3.8, 4) is 0 Å². The molecule has 0 saturated heterocycles. The van der Waals surface area contributed by atoms with E-state index in [1.54, 1.807) is 18.7 Å². The van der Waals surface area contributed by atoms with Gasteiger partial charge < -0.3 is 15.1 Å². The number of hydrogen-bond acceptors (Lipinski definition) is 6. The van der Waals surface area contributed by atoms with Gasteiger partial charge in [0.15, 0.2) is 5.78 Å². The van der Waals surface area contributed by atoms with Gasteiger partial charge in [0.25, 0.3) is 8.32 Å². The van der Waals surface area contributed by atoms with Crippen molar-refractivity contribution < 1.29 is 23.6 Å². The van der Waals surface area contributed by atoms with Gasteiger partial charge in [0.2, 0.25) is 11.8 Å². The molecule has 0 aliphatic carbocycles. The fourth-order valence-electron chi connectivity index (χ4n) is 9.82. The van der Waals surface area contributed by atoms with Crippen LogP contribution >= 0.6 is 11.8 Å². The van der Waals surface area contributed by atoms with E-state index in [1.165, 1.54) is 0 Å². The van der Waals surface area contributed by atoms with E-state index in [1.807, 2.05) is 140 Å². The summed E-state index contributed by atoms with van der Waals surface area (Å²) in [5.74, 6) is -2.14. The largest absolute Gasteiger partial charge is 0.516 e. The van der Waals surface area contributed by atoms with E-state index >= 15 is 0 Å². The van der Waals surface area contributed by atoms with Crippen LogP contribution < -0.4 is 10.6 Å². The summed E-state index contributed by atoms with van der Waals surface area (Å²) < 4.78 is 6.38. The Kier molecular flexibility index (Phi) is 18.4. The molecular formula is C61H72N2O5SSi. The van der Waals surface area contributed by atoms with Gasteiger partial charge in [-0.15, -0.1) is 11.8 Å². The second kappa shape index (κ2) is 24.2. The van der Waals surface area contributed by atoms with Crippen LogP contribution in [0.25, 0.3) is 0 Å². The molecule has 0 spiro atoms. The highest BCUT2D eigenvalue weighted by atomic mass is 32.2. The highest BCUT2D eigenvalue weighted by Gasteiger charge is 2.58. The van der Waals surface area contributed by atoms with Crippen LogP contribution in [-0.4, -0.2) is 49.7 Å². The van der Waals surface area contributed by atoms with Gasteiger partial charge in [-0.2, -0.15) is 0 Å². The molecule has 366 valence electrons. The van der Waals surface area contributed by atoms with Crippen molar-refractivity contribution >= 4 is 43.6 Å². The predicted octanol–water partition coefficient (Wildman–Crippen LogP) is 12.7. The van der Waals surface area contributed by atoms with E-state index in [4.69, 9.17) is 4.43 Å². The third kappa shape index (κ3) is 13.2. The molecule has 7 nitrogen and oxygen atoms in total. The summed E-state index contributed by atoms with van der Waals surface area (Å²) in [6.45, 7) is 16.6. The summed E-state index contributed by atoms with van der Waals surface area (Å²) in [5.41, 5.74) is 6.17. The number of thioether (sulfide) groups is 1. The lowest BCUT2D eigenvalue weighted by atomic mass is 9.84. The molecule has 2 N–H and O–H groups in total. The summed E-state index contributed by atoms with van der Waals surface area (Å²) in [6.07, 6.45) is 0.894. The third-order valence-electron chi connectivity index (χ3n) is 13.8. The van der Waals surface area contributed by atoms with Crippen LogP contribution in [0, 0.1) is 11.8 Å². The van der Waals surface area contributed by atoms with Crippen molar-refractivity contribution in [3.63, 3.8) is 0 Å². The van der Waals surface area contributed by atoms with Crippen LogP contribution in [0.1, 0.15) is 102 Å². The van der Waals surface area contributed by atoms with Gasteiger partial charge in [-0.25, -0.2) is 0 Å². The van der Waals surface area contributed by atoms with Gasteiger partial charge in [-0.05, 0) is 63.2 Å². The normalized spacial score (nSPS) is 13.8. The summed E-state index contributed by atoms with van der Waals surface area (Å²) in [6, 6.07) is 59.3. The van der Waals surface area contributed by atoms with E-state index in [0.29, 0.717) is 18.2 Å². The van der Waals surface area contributed by atoms with E-state index in [9.17, 15) is 19.2 Å². The maximum absolute atomic E-state index is 14.9. The Labute approximate surface area is 422 Å². The first kappa shape index (κ1) is 53.3. The molecule has 9 heteroatoms. The first-order valence-electron chi connectivity index (χ1n) is 24.8. The molecule has 0 heterocycles. The van der Waals surface area contributed by atoms with Gasteiger partial charge >= 0.3 is 5.97 Å². The van der Waals surface area contributed by atoms with Crippen LogP contribution in [0.5, 0.6) is 0 Å². The summed E-state index contributed by atoms with van der Waals surface area (Å²) >= 11 is 1.72. The van der Waals surface area contributed by atoms with Gasteiger partial charge in [-0.3, -0.25) is 19.2 Å². The Morgan fingerprint density at radius 2 is 0.914 bits per heavy atom. The molecule has 0 bridgehead atoms. The summed E-state index contributed by atoms with van der Waals surface area (Å²) in [4.78, 5) is 58.4. The Morgan fingerprint density at radius 1 is 0.529 bits per heavy atom. The molecule has 0 aromatic heterocycles. The molecule has 6 aromatic carbocycles. The van der Waals surface area contributed by atoms with Crippen molar-refractivity contribution in [1.82, 2.24) is 10.6 Å². The monoisotopic (exact) mass is 972 g/mol. The van der Waals surface area contributed by atoms with Crippen molar-refractivity contribution in [2.24, 2.45) is 11.8 Å². The van der Waals surface area contributed by atoms with Crippen molar-refractivity contribution in [3.05, 3.63) is 215 Å². The Hall–Kier alpha value is -6.03. The SMILES string of the molecule is CC[C@@H](CSC(c1ccccc1)(c1ccccc1)c1ccccc1)C(=O)N[C@@H](C)C(=O)C[C@@H](Cc1ccccc1)C(=O)N[C@@H](Cc1ccccc1)C(=O)O[Si](Cc1ccccc1)(C(C)(C)C)C(C)(C)C. The first-order chi connectivity index (χ1) is 33.5. The summed E-state index contributed by atoms with van der Waals surface area (Å²) in [5, 5.41) is 5.44. The standard InChI is InChI=1S/C61H72N2O5SSi/c1-9-49(43-69-61(51-34-22-13-23-35-51,52-36-24-14-25-37-52)53-38-26-15-27-39-53)56(65)62-45(2)55(64)42-50(40-46-28-16-10-17-29-46)57(66)63-54(41-47-30-18-11-19-31-47)58(67)68-70(59(3,4)5,60(6,7)8)44-48-32-20-12-21-33-48/h10-39,45,49-50,54H,9,40-44H2,1-8H3,(H,62,65)(H,63,66)/t45-,49-,50+,54-/m0/s1.